The summed E-state index contributed by atoms with van der Waals surface area (Å²) in [7, 11) is 0. The van der Waals surface area contributed by atoms with E-state index >= 15 is 0 Å². The minimum atomic E-state index is -1.37. The zero-order valence-corrected chi connectivity index (χ0v) is 9.34. The number of hydroxylamine groups is 1. The van der Waals surface area contributed by atoms with Crippen LogP contribution in [0.5, 0.6) is 0 Å². The zero-order valence-electron chi connectivity index (χ0n) is 9.34. The van der Waals surface area contributed by atoms with Crippen LogP contribution in [0, 0.1) is 11.1 Å². The number of fused-ring (bicyclic) bond motifs is 1. The van der Waals surface area contributed by atoms with Gasteiger partial charge in [0.15, 0.2) is 0 Å². The van der Waals surface area contributed by atoms with E-state index in [9.17, 15) is 14.8 Å². The number of amides is 1. The lowest BCUT2D eigenvalue weighted by molar-refractivity contribution is -0.146. The van der Waals surface area contributed by atoms with E-state index in [4.69, 9.17) is 5.11 Å². The van der Waals surface area contributed by atoms with E-state index in [1.165, 1.54) is 0 Å². The number of carbonyl (C=O) groups is 2. The topological polar surface area (TPSA) is 105 Å². The van der Waals surface area contributed by atoms with Gasteiger partial charge in [-0.25, -0.2) is 0 Å². The number of hydrogen-bond donors (Lipinski definition) is 3. The molecule has 1 atom stereocenters. The van der Waals surface area contributed by atoms with Crippen molar-refractivity contribution in [1.29, 1.82) is 0 Å². The molecule has 1 unspecified atom stereocenters. The van der Waals surface area contributed by atoms with Crippen LogP contribution in [0.4, 0.5) is 0 Å². The van der Waals surface area contributed by atoms with Crippen LogP contribution in [0.15, 0.2) is 30.5 Å². The highest BCUT2D eigenvalue weighted by molar-refractivity contribution is 5.98. The Morgan fingerprint density at radius 3 is 2.78 bits per heavy atom. The van der Waals surface area contributed by atoms with Crippen molar-refractivity contribution in [3.63, 3.8) is 0 Å². The van der Waals surface area contributed by atoms with Crippen LogP contribution in [0.1, 0.15) is 5.56 Å². The highest BCUT2D eigenvalue weighted by atomic mass is 16.5. The maximum Gasteiger partial charge on any atom is 0.316 e. The molecule has 0 saturated heterocycles. The molecule has 2 aromatic rings. The van der Waals surface area contributed by atoms with Gasteiger partial charge < -0.3 is 20.8 Å². The summed E-state index contributed by atoms with van der Waals surface area (Å²) in [4.78, 5) is 25.1. The van der Waals surface area contributed by atoms with E-state index in [-0.39, 0.29) is 6.42 Å². The van der Waals surface area contributed by atoms with Crippen molar-refractivity contribution in [2.45, 2.75) is 6.42 Å². The third-order valence-corrected chi connectivity index (χ3v) is 2.81. The molecule has 6 heteroatoms. The van der Waals surface area contributed by atoms with Crippen LogP contribution in [-0.2, 0) is 16.0 Å². The normalized spacial score (nSPS) is 12.3. The molecule has 0 bridgehead atoms. The fraction of sp³-hybridized carbons (Fsp3) is 0.167. The first kappa shape index (κ1) is 12.1. The molecule has 1 aromatic heterocycles. The smallest absolute Gasteiger partial charge is 0.316 e. The Balaban J connectivity index is 2.32. The van der Waals surface area contributed by atoms with Crippen molar-refractivity contribution in [2.24, 2.45) is 5.92 Å². The van der Waals surface area contributed by atoms with Gasteiger partial charge in [0.25, 0.3) is 0 Å². The van der Waals surface area contributed by atoms with Crippen LogP contribution in [-0.4, -0.2) is 22.0 Å². The molecule has 0 radical (unpaired) electrons. The molecule has 94 valence electrons. The summed E-state index contributed by atoms with van der Waals surface area (Å²) in [6.07, 6.45) is 1.63. The fourth-order valence-electron chi connectivity index (χ4n) is 1.88. The van der Waals surface area contributed by atoms with Crippen LogP contribution >= 0.6 is 0 Å². The average molecular weight is 247 g/mol. The molecule has 0 aliphatic carbocycles. The summed E-state index contributed by atoms with van der Waals surface area (Å²) in [5.74, 6) is -3.72. The van der Waals surface area contributed by atoms with Gasteiger partial charge in [-0.15, -0.1) is 0 Å². The first-order chi connectivity index (χ1) is 8.63. The predicted octanol–water partition coefficient (Wildman–Crippen LogP) is 1.03. The summed E-state index contributed by atoms with van der Waals surface area (Å²) in [5, 5.41) is 20.1. The van der Waals surface area contributed by atoms with E-state index in [0.29, 0.717) is 5.56 Å². The Kier molecular flexibility index (Phi) is 3.29. The quantitative estimate of drug-likeness (QED) is 0.554. The number of benzene rings is 1. The van der Waals surface area contributed by atoms with Gasteiger partial charge in [0.1, 0.15) is 5.92 Å². The number of carboxylic acids is 1. The highest BCUT2D eigenvalue weighted by Crippen LogP contribution is 2.21. The highest BCUT2D eigenvalue weighted by Gasteiger charge is 2.25. The van der Waals surface area contributed by atoms with E-state index in [1.807, 2.05) is 24.3 Å². The second-order valence-corrected chi connectivity index (χ2v) is 3.92. The number of carboxylic acid groups (broad SMARTS) is 1. The molecule has 1 aromatic carbocycles. The van der Waals surface area contributed by atoms with Crippen molar-refractivity contribution in [3.05, 3.63) is 41.2 Å². The van der Waals surface area contributed by atoms with E-state index in [0.717, 1.165) is 16.4 Å². The molecule has 1 amide bonds. The van der Waals surface area contributed by atoms with Crippen LogP contribution in [0.2, 0.25) is 0 Å². The minimum Gasteiger partial charge on any atom is -0.759 e. The van der Waals surface area contributed by atoms with Gasteiger partial charge in [0.05, 0.1) is 0 Å². The van der Waals surface area contributed by atoms with Crippen LogP contribution < -0.4 is 5.48 Å². The molecular formula is C12H11N2O4-. The van der Waals surface area contributed by atoms with E-state index in [2.05, 4.69) is 4.98 Å². The van der Waals surface area contributed by atoms with Crippen molar-refractivity contribution < 1.29 is 14.7 Å². The van der Waals surface area contributed by atoms with Crippen molar-refractivity contribution in [1.82, 2.24) is 10.5 Å². The molecule has 6 nitrogen and oxygen atoms in total. The van der Waals surface area contributed by atoms with Gasteiger partial charge in [0.2, 0.25) is 5.91 Å². The molecule has 0 spiro atoms. The number of nitrogens with one attached hydrogen (secondary N) is 2. The lowest BCUT2D eigenvalue weighted by Gasteiger charge is -2.14. The number of aliphatic carboxylic acids is 1. The lowest BCUT2D eigenvalue weighted by Crippen LogP contribution is -2.33. The molecule has 2 rings (SSSR count). The van der Waals surface area contributed by atoms with Gasteiger partial charge in [-0.1, -0.05) is 18.2 Å². The first-order valence-electron chi connectivity index (χ1n) is 5.33. The van der Waals surface area contributed by atoms with Crippen LogP contribution in [0.3, 0.4) is 0 Å². The molecule has 0 saturated carbocycles. The Bertz CT molecular complexity index is 591. The summed E-state index contributed by atoms with van der Waals surface area (Å²) in [5.41, 5.74) is 2.68. The summed E-state index contributed by atoms with van der Waals surface area (Å²) >= 11 is 0. The number of aromatic nitrogens is 1. The third-order valence-electron chi connectivity index (χ3n) is 2.81. The molecule has 18 heavy (non-hydrogen) atoms. The molecule has 1 heterocycles. The Morgan fingerprint density at radius 1 is 1.39 bits per heavy atom. The van der Waals surface area contributed by atoms with Crippen LogP contribution in [0.25, 0.3) is 10.9 Å². The number of aromatic amines is 1. The van der Waals surface area contributed by atoms with Gasteiger partial charge in [-0.3, -0.25) is 9.59 Å². The number of para-hydroxylation sites is 1. The zero-order chi connectivity index (χ0) is 13.1. The van der Waals surface area contributed by atoms with E-state index in [1.54, 1.807) is 6.20 Å². The predicted molar refractivity (Wildman–Crippen MR) is 64.6 cm³/mol. The maximum absolute atomic E-state index is 11.2. The third kappa shape index (κ3) is 2.18. The van der Waals surface area contributed by atoms with Crippen molar-refractivity contribution >= 4 is 22.8 Å². The summed E-state index contributed by atoms with van der Waals surface area (Å²) < 4.78 is 0. The molecule has 0 aliphatic rings. The molecule has 3 N–H and O–H groups in total. The largest absolute Gasteiger partial charge is 0.759 e. The van der Waals surface area contributed by atoms with Gasteiger partial charge in [-0.05, 0) is 18.1 Å². The van der Waals surface area contributed by atoms with Gasteiger partial charge >= 0.3 is 5.97 Å². The number of carbonyl (C=O) groups excluding carboxylic acids is 1. The summed E-state index contributed by atoms with van der Waals surface area (Å²) in [6, 6.07) is 7.35. The molecule has 0 aliphatic heterocycles. The minimum absolute atomic E-state index is 0.0204. The second kappa shape index (κ2) is 4.89. The Morgan fingerprint density at radius 2 is 2.11 bits per heavy atom. The average Bonchev–Trinajstić information content (AvgIpc) is 2.78. The molecule has 0 fully saturated rings. The second-order valence-electron chi connectivity index (χ2n) is 3.92. The SMILES string of the molecule is O=C(O)C(Cc1c[nH]c2ccccc12)C(=O)N[O-]. The van der Waals surface area contributed by atoms with E-state index < -0.39 is 17.8 Å². The number of hydrogen-bond acceptors (Lipinski definition) is 3. The molecular weight excluding hydrogens is 236 g/mol. The standard InChI is InChI=1S/C12H11N2O4/c15-11(14-18)9(12(16)17)5-7-6-13-10-4-2-1-3-8(7)10/h1-4,6,9,13H,5H2,(H2-,14,15,16,17,18)/q-1. The van der Waals surface area contributed by atoms with Gasteiger partial charge in [0, 0.05) is 17.1 Å². The maximum atomic E-state index is 11.2. The number of H-pyrrole nitrogens is 1. The number of rotatable bonds is 4. The fourth-order valence-corrected chi connectivity index (χ4v) is 1.88. The van der Waals surface area contributed by atoms with Crippen molar-refractivity contribution in [3.8, 4) is 0 Å². The van der Waals surface area contributed by atoms with Crippen molar-refractivity contribution in [2.75, 3.05) is 0 Å². The Hall–Kier alpha value is -2.34. The first-order valence-corrected chi connectivity index (χ1v) is 5.33. The lowest BCUT2D eigenvalue weighted by atomic mass is 9.98. The summed E-state index contributed by atoms with van der Waals surface area (Å²) in [6.45, 7) is 0. The van der Waals surface area contributed by atoms with Gasteiger partial charge in [-0.2, -0.15) is 0 Å². The Labute approximate surface area is 102 Å². The monoisotopic (exact) mass is 247 g/mol.